The largest absolute Gasteiger partial charge is 0.482 e. The number of aliphatic carboxylic acids is 1. The van der Waals surface area contributed by atoms with Gasteiger partial charge in [0.15, 0.2) is 6.61 Å². The predicted octanol–water partition coefficient (Wildman–Crippen LogP) is 3.95. The molecule has 0 aliphatic rings. The second kappa shape index (κ2) is 10.6. The van der Waals surface area contributed by atoms with Crippen molar-refractivity contribution in [3.05, 3.63) is 95.8 Å². The SMILES string of the molecule is O=C(O)COc1cccc(CCCON=C(c2ccccc2)c2cccnc2)c1. The lowest BCUT2D eigenvalue weighted by Crippen LogP contribution is -2.09. The maximum Gasteiger partial charge on any atom is 0.341 e. The van der Waals surface area contributed by atoms with E-state index < -0.39 is 5.97 Å². The molecule has 0 aliphatic carbocycles. The number of nitrogens with zero attached hydrogens (tertiary/aromatic N) is 2. The highest BCUT2D eigenvalue weighted by Crippen LogP contribution is 2.15. The number of pyridine rings is 1. The van der Waals surface area contributed by atoms with Gasteiger partial charge in [0.1, 0.15) is 18.1 Å². The maximum absolute atomic E-state index is 10.6. The third-order valence-corrected chi connectivity index (χ3v) is 4.10. The molecule has 0 fully saturated rings. The van der Waals surface area contributed by atoms with Crippen LogP contribution < -0.4 is 4.74 Å². The Labute approximate surface area is 169 Å². The van der Waals surface area contributed by atoms with Crippen LogP contribution in [0, 0.1) is 0 Å². The number of aryl methyl sites for hydroxylation is 1. The number of oxime groups is 1. The van der Waals surface area contributed by atoms with E-state index in [1.165, 1.54) is 0 Å². The molecule has 6 nitrogen and oxygen atoms in total. The molecule has 1 heterocycles. The minimum Gasteiger partial charge on any atom is -0.482 e. The number of benzene rings is 2. The molecule has 1 aromatic heterocycles. The molecule has 148 valence electrons. The summed E-state index contributed by atoms with van der Waals surface area (Å²) in [6, 6.07) is 21.1. The van der Waals surface area contributed by atoms with Crippen molar-refractivity contribution in [3.8, 4) is 5.75 Å². The van der Waals surface area contributed by atoms with Crippen molar-refractivity contribution >= 4 is 11.7 Å². The molecule has 0 saturated heterocycles. The van der Waals surface area contributed by atoms with Crippen molar-refractivity contribution < 1.29 is 19.5 Å². The summed E-state index contributed by atoms with van der Waals surface area (Å²) in [5, 5.41) is 13.0. The van der Waals surface area contributed by atoms with Crippen molar-refractivity contribution in [1.82, 2.24) is 4.98 Å². The molecule has 0 aliphatic heterocycles. The molecule has 6 heteroatoms. The normalized spacial score (nSPS) is 11.1. The summed E-state index contributed by atoms with van der Waals surface area (Å²) in [5.74, 6) is -0.448. The van der Waals surface area contributed by atoms with Gasteiger partial charge in [-0.15, -0.1) is 0 Å². The van der Waals surface area contributed by atoms with Crippen LogP contribution >= 0.6 is 0 Å². The monoisotopic (exact) mass is 390 g/mol. The molecular formula is C23H22N2O4. The van der Waals surface area contributed by atoms with Crippen LogP contribution in [0.25, 0.3) is 0 Å². The first-order valence-corrected chi connectivity index (χ1v) is 9.31. The number of aromatic nitrogens is 1. The molecule has 0 unspecified atom stereocenters. The van der Waals surface area contributed by atoms with Gasteiger partial charge in [0.25, 0.3) is 0 Å². The van der Waals surface area contributed by atoms with Crippen LogP contribution in [0.3, 0.4) is 0 Å². The second-order valence-electron chi connectivity index (χ2n) is 6.31. The predicted molar refractivity (Wildman–Crippen MR) is 110 cm³/mol. The molecule has 0 radical (unpaired) electrons. The van der Waals surface area contributed by atoms with Gasteiger partial charge in [0, 0.05) is 23.5 Å². The summed E-state index contributed by atoms with van der Waals surface area (Å²) >= 11 is 0. The first-order valence-electron chi connectivity index (χ1n) is 9.31. The average molecular weight is 390 g/mol. The Hall–Kier alpha value is -3.67. The van der Waals surface area contributed by atoms with E-state index in [-0.39, 0.29) is 6.61 Å². The first-order chi connectivity index (χ1) is 14.2. The van der Waals surface area contributed by atoms with Crippen molar-refractivity contribution in [1.29, 1.82) is 0 Å². The molecule has 0 spiro atoms. The zero-order chi connectivity index (χ0) is 20.3. The number of carbonyl (C=O) groups is 1. The van der Waals surface area contributed by atoms with Crippen molar-refractivity contribution in [2.45, 2.75) is 12.8 Å². The molecule has 0 amide bonds. The first kappa shape index (κ1) is 20.1. The van der Waals surface area contributed by atoms with E-state index in [1.54, 1.807) is 18.5 Å². The summed E-state index contributed by atoms with van der Waals surface area (Å²) in [4.78, 5) is 20.4. The van der Waals surface area contributed by atoms with Crippen LogP contribution in [-0.4, -0.2) is 35.0 Å². The molecule has 0 saturated carbocycles. The Morgan fingerprint density at radius 1 is 1.00 bits per heavy atom. The second-order valence-corrected chi connectivity index (χ2v) is 6.31. The van der Waals surface area contributed by atoms with E-state index in [9.17, 15) is 4.79 Å². The van der Waals surface area contributed by atoms with Gasteiger partial charge in [-0.2, -0.15) is 0 Å². The van der Waals surface area contributed by atoms with Gasteiger partial charge >= 0.3 is 5.97 Å². The quantitative estimate of drug-likeness (QED) is 0.322. The zero-order valence-electron chi connectivity index (χ0n) is 15.9. The van der Waals surface area contributed by atoms with Gasteiger partial charge in [-0.05, 0) is 42.7 Å². The lowest BCUT2D eigenvalue weighted by Gasteiger charge is -2.08. The third-order valence-electron chi connectivity index (χ3n) is 4.10. The van der Waals surface area contributed by atoms with Crippen LogP contribution in [-0.2, 0) is 16.1 Å². The van der Waals surface area contributed by atoms with Crippen LogP contribution in [0.4, 0.5) is 0 Å². The lowest BCUT2D eigenvalue weighted by atomic mass is 10.0. The van der Waals surface area contributed by atoms with Gasteiger partial charge in [0.2, 0.25) is 0 Å². The number of rotatable bonds is 10. The highest BCUT2D eigenvalue weighted by atomic mass is 16.6. The van der Waals surface area contributed by atoms with E-state index in [0.717, 1.165) is 35.2 Å². The summed E-state index contributed by atoms with van der Waals surface area (Å²) in [5.41, 5.74) is 3.64. The maximum atomic E-state index is 10.6. The fourth-order valence-electron chi connectivity index (χ4n) is 2.76. The van der Waals surface area contributed by atoms with E-state index in [2.05, 4.69) is 10.1 Å². The molecule has 3 rings (SSSR count). The standard InChI is InChI=1S/C23H22N2O4/c26-22(27)17-28-21-12-4-7-18(15-21)8-6-14-29-25-23(19-9-2-1-3-10-19)20-11-5-13-24-16-20/h1-5,7,9-13,15-16H,6,8,14,17H2,(H,26,27). The summed E-state index contributed by atoms with van der Waals surface area (Å²) in [6.45, 7) is 0.106. The van der Waals surface area contributed by atoms with E-state index in [1.807, 2.05) is 60.7 Å². The lowest BCUT2D eigenvalue weighted by molar-refractivity contribution is -0.139. The Morgan fingerprint density at radius 2 is 1.83 bits per heavy atom. The van der Waals surface area contributed by atoms with Gasteiger partial charge in [-0.1, -0.05) is 47.6 Å². The molecule has 3 aromatic rings. The number of ether oxygens (including phenoxy) is 1. The molecule has 2 aromatic carbocycles. The fraction of sp³-hybridized carbons (Fsp3) is 0.174. The highest BCUT2D eigenvalue weighted by molar-refractivity contribution is 6.12. The number of hydrogen-bond acceptors (Lipinski definition) is 5. The minimum atomic E-state index is -0.996. The van der Waals surface area contributed by atoms with Crippen LogP contribution in [0.1, 0.15) is 23.1 Å². The van der Waals surface area contributed by atoms with Gasteiger partial charge < -0.3 is 14.7 Å². The minimum absolute atomic E-state index is 0.349. The molecule has 0 atom stereocenters. The smallest absolute Gasteiger partial charge is 0.341 e. The van der Waals surface area contributed by atoms with Gasteiger partial charge in [-0.25, -0.2) is 4.79 Å². The molecule has 0 bridgehead atoms. The Balaban J connectivity index is 1.57. The topological polar surface area (TPSA) is 81.0 Å². The summed E-state index contributed by atoms with van der Waals surface area (Å²) < 4.78 is 5.21. The van der Waals surface area contributed by atoms with Crippen LogP contribution in [0.5, 0.6) is 5.75 Å². The van der Waals surface area contributed by atoms with Crippen LogP contribution in [0.15, 0.2) is 84.3 Å². The third kappa shape index (κ3) is 6.46. The highest BCUT2D eigenvalue weighted by Gasteiger charge is 2.07. The van der Waals surface area contributed by atoms with Crippen molar-refractivity contribution in [2.24, 2.45) is 5.16 Å². The van der Waals surface area contributed by atoms with E-state index in [0.29, 0.717) is 12.4 Å². The Kier molecular flexibility index (Phi) is 7.34. The fourth-order valence-corrected chi connectivity index (χ4v) is 2.76. The Bertz CT molecular complexity index is 902. The van der Waals surface area contributed by atoms with Gasteiger partial charge in [0.05, 0.1) is 0 Å². The summed E-state index contributed by atoms with van der Waals surface area (Å²) in [7, 11) is 0. The van der Waals surface area contributed by atoms with Crippen molar-refractivity contribution in [2.75, 3.05) is 13.2 Å². The van der Waals surface area contributed by atoms with E-state index in [4.69, 9.17) is 14.7 Å². The average Bonchev–Trinajstić information content (AvgIpc) is 2.76. The summed E-state index contributed by atoms with van der Waals surface area (Å²) in [6.07, 6.45) is 5.02. The molecule has 1 N–H and O–H groups in total. The van der Waals surface area contributed by atoms with E-state index >= 15 is 0 Å². The number of carboxylic acids is 1. The number of carboxylic acid groups (broad SMARTS) is 1. The van der Waals surface area contributed by atoms with Gasteiger partial charge in [-0.3, -0.25) is 4.98 Å². The van der Waals surface area contributed by atoms with Crippen LogP contribution in [0.2, 0.25) is 0 Å². The number of hydrogen-bond donors (Lipinski definition) is 1. The van der Waals surface area contributed by atoms with Crippen molar-refractivity contribution in [3.63, 3.8) is 0 Å². The Morgan fingerprint density at radius 3 is 2.59 bits per heavy atom. The zero-order valence-corrected chi connectivity index (χ0v) is 15.9. The molecule has 29 heavy (non-hydrogen) atoms. The molecular weight excluding hydrogens is 368 g/mol.